The molecular formula is C21H26N2O3S. The molecule has 1 saturated heterocycles. The van der Waals surface area contributed by atoms with Gasteiger partial charge in [0.25, 0.3) is 5.91 Å². The first-order valence-electron chi connectivity index (χ1n) is 9.52. The quantitative estimate of drug-likeness (QED) is 0.842. The van der Waals surface area contributed by atoms with Crippen LogP contribution in [0.5, 0.6) is 0 Å². The van der Waals surface area contributed by atoms with Crippen LogP contribution in [-0.2, 0) is 16.4 Å². The maximum absolute atomic E-state index is 13.0. The highest BCUT2D eigenvalue weighted by Crippen LogP contribution is 2.22. The lowest BCUT2D eigenvalue weighted by atomic mass is 10.1. The van der Waals surface area contributed by atoms with E-state index < -0.39 is 10.0 Å². The van der Waals surface area contributed by atoms with Gasteiger partial charge in [-0.2, -0.15) is 4.31 Å². The number of carbonyl (C=O) groups excluding carboxylic acids is 1. The molecular weight excluding hydrogens is 360 g/mol. The van der Waals surface area contributed by atoms with Crippen molar-refractivity contribution in [3.63, 3.8) is 0 Å². The zero-order valence-corrected chi connectivity index (χ0v) is 16.5. The number of nitrogens with zero attached hydrogens (tertiary/aromatic N) is 1. The van der Waals surface area contributed by atoms with Crippen LogP contribution in [0.3, 0.4) is 0 Å². The molecule has 0 bridgehead atoms. The first kappa shape index (κ1) is 19.6. The summed E-state index contributed by atoms with van der Waals surface area (Å²) in [4.78, 5) is 12.9. The number of anilines is 1. The molecule has 1 aliphatic heterocycles. The second kappa shape index (κ2) is 8.67. The van der Waals surface area contributed by atoms with Gasteiger partial charge in [-0.25, -0.2) is 8.42 Å². The van der Waals surface area contributed by atoms with Crippen molar-refractivity contribution < 1.29 is 13.2 Å². The van der Waals surface area contributed by atoms with Crippen LogP contribution in [0.25, 0.3) is 0 Å². The number of aryl methyl sites for hydroxylation is 1. The van der Waals surface area contributed by atoms with Crippen LogP contribution in [0, 0.1) is 0 Å². The van der Waals surface area contributed by atoms with E-state index in [0.717, 1.165) is 43.4 Å². The number of para-hydroxylation sites is 1. The molecule has 3 rings (SSSR count). The number of benzene rings is 2. The van der Waals surface area contributed by atoms with Crippen molar-refractivity contribution in [3.8, 4) is 0 Å². The minimum Gasteiger partial charge on any atom is -0.322 e. The summed E-state index contributed by atoms with van der Waals surface area (Å²) in [5.41, 5.74) is 2.14. The number of carbonyl (C=O) groups is 1. The van der Waals surface area contributed by atoms with E-state index in [9.17, 15) is 13.2 Å². The largest absolute Gasteiger partial charge is 0.322 e. The van der Waals surface area contributed by atoms with E-state index in [1.165, 1.54) is 6.07 Å². The molecule has 0 aromatic heterocycles. The lowest BCUT2D eigenvalue weighted by Gasteiger charge is -2.20. The van der Waals surface area contributed by atoms with Gasteiger partial charge in [0.2, 0.25) is 10.0 Å². The molecule has 1 heterocycles. The number of hydrogen-bond acceptors (Lipinski definition) is 3. The summed E-state index contributed by atoms with van der Waals surface area (Å²) in [7, 11) is -3.57. The fourth-order valence-corrected chi connectivity index (χ4v) is 4.94. The van der Waals surface area contributed by atoms with Gasteiger partial charge in [0.1, 0.15) is 0 Å². The Morgan fingerprint density at radius 2 is 1.70 bits per heavy atom. The maximum Gasteiger partial charge on any atom is 0.255 e. The van der Waals surface area contributed by atoms with Crippen LogP contribution >= 0.6 is 0 Å². The van der Waals surface area contributed by atoms with Gasteiger partial charge in [-0.1, -0.05) is 44.0 Å². The molecule has 0 spiro atoms. The number of rotatable bonds is 5. The topological polar surface area (TPSA) is 66.5 Å². The highest BCUT2D eigenvalue weighted by molar-refractivity contribution is 7.89. The highest BCUT2D eigenvalue weighted by Gasteiger charge is 2.25. The Kier molecular flexibility index (Phi) is 6.29. The van der Waals surface area contributed by atoms with Crippen LogP contribution in [0.4, 0.5) is 5.69 Å². The molecule has 1 aliphatic rings. The summed E-state index contributed by atoms with van der Waals surface area (Å²) >= 11 is 0. The summed E-state index contributed by atoms with van der Waals surface area (Å²) in [6.07, 6.45) is 4.69. The Hall–Kier alpha value is -2.18. The standard InChI is InChI=1S/C21H26N2O3S/c1-2-17-10-5-6-13-20(17)22-21(24)18-11-9-12-19(16-18)27(25,26)23-14-7-3-4-8-15-23/h5-6,9-13,16H,2-4,7-8,14-15H2,1H3,(H,22,24). The molecule has 1 fully saturated rings. The highest BCUT2D eigenvalue weighted by atomic mass is 32.2. The number of hydrogen-bond donors (Lipinski definition) is 1. The monoisotopic (exact) mass is 386 g/mol. The van der Waals surface area contributed by atoms with Gasteiger partial charge < -0.3 is 5.32 Å². The molecule has 27 heavy (non-hydrogen) atoms. The van der Waals surface area contributed by atoms with E-state index in [-0.39, 0.29) is 10.8 Å². The first-order valence-corrected chi connectivity index (χ1v) is 11.0. The van der Waals surface area contributed by atoms with Gasteiger partial charge in [-0.05, 0) is 49.1 Å². The molecule has 1 amide bonds. The fraction of sp³-hybridized carbons (Fsp3) is 0.381. The van der Waals surface area contributed by atoms with Gasteiger partial charge in [0.15, 0.2) is 0 Å². The van der Waals surface area contributed by atoms with Crippen molar-refractivity contribution in [1.82, 2.24) is 4.31 Å². The molecule has 0 unspecified atom stereocenters. The second-order valence-corrected chi connectivity index (χ2v) is 8.75. The summed E-state index contributed by atoms with van der Waals surface area (Å²) < 4.78 is 27.5. The molecule has 0 saturated carbocycles. The number of amides is 1. The SMILES string of the molecule is CCc1ccccc1NC(=O)c1cccc(S(=O)(=O)N2CCCCCC2)c1. The number of nitrogens with one attached hydrogen (secondary N) is 1. The lowest BCUT2D eigenvalue weighted by molar-refractivity contribution is 0.102. The van der Waals surface area contributed by atoms with Crippen molar-refractivity contribution >= 4 is 21.6 Å². The predicted octanol–water partition coefficient (Wildman–Crippen LogP) is 4.07. The smallest absolute Gasteiger partial charge is 0.255 e. The third-order valence-electron chi connectivity index (χ3n) is 4.95. The van der Waals surface area contributed by atoms with E-state index >= 15 is 0 Å². The molecule has 6 heteroatoms. The van der Waals surface area contributed by atoms with Crippen LogP contribution in [0.15, 0.2) is 53.4 Å². The summed E-state index contributed by atoms with van der Waals surface area (Å²) in [5.74, 6) is -0.302. The first-order chi connectivity index (χ1) is 13.0. The zero-order chi connectivity index (χ0) is 19.3. The maximum atomic E-state index is 13.0. The van der Waals surface area contributed by atoms with Gasteiger partial charge in [-0.3, -0.25) is 4.79 Å². The van der Waals surface area contributed by atoms with Crippen molar-refractivity contribution in [2.24, 2.45) is 0 Å². The molecule has 0 atom stereocenters. The Labute approximate surface area is 161 Å². The third-order valence-corrected chi connectivity index (χ3v) is 6.84. The predicted molar refractivity (Wildman–Crippen MR) is 107 cm³/mol. The van der Waals surface area contributed by atoms with Crippen LogP contribution < -0.4 is 5.32 Å². The van der Waals surface area contributed by atoms with Crippen LogP contribution in [0.1, 0.15) is 48.5 Å². The second-order valence-electron chi connectivity index (χ2n) is 6.81. The average molecular weight is 387 g/mol. The normalized spacial score (nSPS) is 15.9. The average Bonchev–Trinajstić information content (AvgIpc) is 2.98. The summed E-state index contributed by atoms with van der Waals surface area (Å²) in [6.45, 7) is 3.12. The van der Waals surface area contributed by atoms with Crippen LogP contribution in [0.2, 0.25) is 0 Å². The molecule has 2 aromatic carbocycles. The molecule has 5 nitrogen and oxygen atoms in total. The third kappa shape index (κ3) is 4.57. The van der Waals surface area contributed by atoms with Gasteiger partial charge in [-0.15, -0.1) is 0 Å². The van der Waals surface area contributed by atoms with Gasteiger partial charge in [0.05, 0.1) is 4.90 Å². The van der Waals surface area contributed by atoms with E-state index in [4.69, 9.17) is 0 Å². The summed E-state index contributed by atoms with van der Waals surface area (Å²) in [5, 5.41) is 2.90. The van der Waals surface area contributed by atoms with Crippen LogP contribution in [-0.4, -0.2) is 31.7 Å². The van der Waals surface area contributed by atoms with Crippen molar-refractivity contribution in [2.75, 3.05) is 18.4 Å². The van der Waals surface area contributed by atoms with Gasteiger partial charge >= 0.3 is 0 Å². The minimum absolute atomic E-state index is 0.181. The molecule has 144 valence electrons. The Morgan fingerprint density at radius 3 is 2.41 bits per heavy atom. The minimum atomic E-state index is -3.57. The van der Waals surface area contributed by atoms with Crippen molar-refractivity contribution in [1.29, 1.82) is 0 Å². The lowest BCUT2D eigenvalue weighted by Crippen LogP contribution is -2.32. The van der Waals surface area contributed by atoms with Crippen molar-refractivity contribution in [3.05, 3.63) is 59.7 Å². The fourth-order valence-electron chi connectivity index (χ4n) is 3.37. The summed E-state index contributed by atoms with van der Waals surface area (Å²) in [6, 6.07) is 13.9. The van der Waals surface area contributed by atoms with Crippen molar-refractivity contribution in [2.45, 2.75) is 43.9 Å². The molecule has 0 aliphatic carbocycles. The van der Waals surface area contributed by atoms with E-state index in [0.29, 0.717) is 18.7 Å². The van der Waals surface area contributed by atoms with E-state index in [2.05, 4.69) is 5.32 Å². The Bertz CT molecular complexity index is 901. The molecule has 2 aromatic rings. The van der Waals surface area contributed by atoms with Gasteiger partial charge in [0, 0.05) is 24.3 Å². The molecule has 0 radical (unpaired) electrons. The Balaban J connectivity index is 1.83. The Morgan fingerprint density at radius 1 is 1.00 bits per heavy atom. The van der Waals surface area contributed by atoms with E-state index in [1.54, 1.807) is 22.5 Å². The molecule has 1 N–H and O–H groups in total. The zero-order valence-electron chi connectivity index (χ0n) is 15.6. The van der Waals surface area contributed by atoms with E-state index in [1.807, 2.05) is 31.2 Å². The number of sulfonamides is 1.